The minimum atomic E-state index is 0.345. The van der Waals surface area contributed by atoms with Gasteiger partial charge in [0.15, 0.2) is 5.82 Å². The molecule has 0 bridgehead atoms. The van der Waals surface area contributed by atoms with Crippen molar-refractivity contribution in [3.8, 4) is 0 Å². The van der Waals surface area contributed by atoms with Gasteiger partial charge in [0.2, 0.25) is 5.89 Å². The average molecular weight is 277 g/mol. The number of rotatable bonds is 6. The quantitative estimate of drug-likeness (QED) is 0.823. The lowest BCUT2D eigenvalue weighted by Gasteiger charge is -2.04. The molecule has 2 aromatic rings. The normalized spacial score (nSPS) is 12.6. The molecule has 1 aromatic heterocycles. The molecule has 1 atom stereocenters. The number of benzene rings is 1. The van der Waals surface area contributed by atoms with E-state index in [1.165, 1.54) is 10.5 Å². The molecule has 0 radical (unpaired) electrons. The maximum absolute atomic E-state index is 5.24. The van der Waals surface area contributed by atoms with Crippen molar-refractivity contribution in [1.82, 2.24) is 15.5 Å². The van der Waals surface area contributed by atoms with Gasteiger partial charge in [-0.25, -0.2) is 0 Å². The Kier molecular flexibility index (Phi) is 4.99. The molecule has 102 valence electrons. The Morgan fingerprint density at radius 3 is 2.89 bits per heavy atom. The van der Waals surface area contributed by atoms with Gasteiger partial charge in [-0.05, 0) is 32.5 Å². The molecule has 5 heteroatoms. The summed E-state index contributed by atoms with van der Waals surface area (Å²) >= 11 is 1.74. The lowest BCUT2D eigenvalue weighted by atomic mass is 10.2. The van der Waals surface area contributed by atoms with Crippen LogP contribution in [0.5, 0.6) is 0 Å². The summed E-state index contributed by atoms with van der Waals surface area (Å²) in [7, 11) is 1.93. The minimum Gasteiger partial charge on any atom is -0.339 e. The van der Waals surface area contributed by atoms with Gasteiger partial charge in [-0.1, -0.05) is 23.4 Å². The average Bonchev–Trinajstić information content (AvgIpc) is 2.85. The van der Waals surface area contributed by atoms with Crippen LogP contribution in [0.15, 0.2) is 33.7 Å². The van der Waals surface area contributed by atoms with Crippen LogP contribution in [-0.4, -0.2) is 23.2 Å². The number of hydrogen-bond acceptors (Lipinski definition) is 5. The summed E-state index contributed by atoms with van der Waals surface area (Å²) in [6, 6.07) is 8.66. The zero-order chi connectivity index (χ0) is 13.7. The number of aryl methyl sites for hydroxylation is 1. The first-order valence-corrected chi connectivity index (χ1v) is 7.34. The molecule has 4 nitrogen and oxygen atoms in total. The molecule has 19 heavy (non-hydrogen) atoms. The third-order valence-corrected chi connectivity index (χ3v) is 4.11. The third kappa shape index (κ3) is 4.08. The van der Waals surface area contributed by atoms with E-state index in [0.717, 1.165) is 18.0 Å². The van der Waals surface area contributed by atoms with Crippen molar-refractivity contribution in [1.29, 1.82) is 0 Å². The summed E-state index contributed by atoms with van der Waals surface area (Å²) in [5.74, 6) is 2.19. The van der Waals surface area contributed by atoms with Gasteiger partial charge in [-0.2, -0.15) is 4.98 Å². The van der Waals surface area contributed by atoms with Crippen LogP contribution in [-0.2, 0) is 12.2 Å². The number of hydrogen-bond donors (Lipinski definition) is 1. The first kappa shape index (κ1) is 14.1. The molecule has 1 heterocycles. The number of aromatic nitrogens is 2. The van der Waals surface area contributed by atoms with Crippen LogP contribution in [0.3, 0.4) is 0 Å². The van der Waals surface area contributed by atoms with Crippen molar-refractivity contribution in [3.63, 3.8) is 0 Å². The van der Waals surface area contributed by atoms with E-state index in [-0.39, 0.29) is 0 Å². The van der Waals surface area contributed by atoms with Gasteiger partial charge in [-0.3, -0.25) is 0 Å². The van der Waals surface area contributed by atoms with E-state index in [1.807, 2.05) is 19.2 Å². The molecule has 0 aliphatic heterocycles. The second-order valence-electron chi connectivity index (χ2n) is 4.55. The number of thioether (sulfide) groups is 1. The van der Waals surface area contributed by atoms with Crippen molar-refractivity contribution in [2.45, 2.75) is 37.0 Å². The van der Waals surface area contributed by atoms with Gasteiger partial charge in [-0.15, -0.1) is 11.8 Å². The highest BCUT2D eigenvalue weighted by molar-refractivity contribution is 7.98. The highest BCUT2D eigenvalue weighted by Crippen LogP contribution is 2.24. The van der Waals surface area contributed by atoms with Gasteiger partial charge in [0.25, 0.3) is 0 Å². The fourth-order valence-electron chi connectivity index (χ4n) is 1.66. The zero-order valence-corrected chi connectivity index (χ0v) is 12.3. The molecule has 1 N–H and O–H groups in total. The van der Waals surface area contributed by atoms with E-state index in [4.69, 9.17) is 4.52 Å². The van der Waals surface area contributed by atoms with Crippen molar-refractivity contribution in [2.24, 2.45) is 0 Å². The van der Waals surface area contributed by atoms with Gasteiger partial charge >= 0.3 is 0 Å². The Labute approximate surface area is 118 Å². The smallest absolute Gasteiger partial charge is 0.228 e. The summed E-state index contributed by atoms with van der Waals surface area (Å²) in [6.45, 7) is 4.20. The van der Waals surface area contributed by atoms with E-state index in [0.29, 0.717) is 11.9 Å². The van der Waals surface area contributed by atoms with Crippen LogP contribution in [0, 0.1) is 6.92 Å². The Morgan fingerprint density at radius 2 is 2.16 bits per heavy atom. The van der Waals surface area contributed by atoms with E-state index >= 15 is 0 Å². The first-order valence-electron chi connectivity index (χ1n) is 6.36. The molecule has 1 aromatic carbocycles. The topological polar surface area (TPSA) is 51.0 Å². The maximum atomic E-state index is 5.24. The molecule has 0 saturated carbocycles. The molecule has 0 aliphatic carbocycles. The molecule has 0 amide bonds. The molecule has 0 aliphatic rings. The standard InChI is InChI=1S/C14H19N3OS/c1-10-6-4-5-7-12(10)19-9-13-16-14(18-17-13)8-11(2)15-3/h4-7,11,15H,8-9H2,1-3H3. The van der Waals surface area contributed by atoms with Crippen molar-refractivity contribution in [2.75, 3.05) is 7.05 Å². The molecule has 0 saturated heterocycles. The lowest BCUT2D eigenvalue weighted by Crippen LogP contribution is -2.23. The molecular weight excluding hydrogens is 258 g/mol. The van der Waals surface area contributed by atoms with Crippen LogP contribution in [0.1, 0.15) is 24.2 Å². The van der Waals surface area contributed by atoms with Crippen LogP contribution in [0.25, 0.3) is 0 Å². The molecule has 0 spiro atoms. The lowest BCUT2D eigenvalue weighted by molar-refractivity contribution is 0.362. The van der Waals surface area contributed by atoms with Crippen LogP contribution < -0.4 is 5.32 Å². The van der Waals surface area contributed by atoms with Crippen LogP contribution >= 0.6 is 11.8 Å². The maximum Gasteiger partial charge on any atom is 0.228 e. The zero-order valence-electron chi connectivity index (χ0n) is 11.5. The predicted octanol–water partition coefficient (Wildman–Crippen LogP) is 2.82. The fraction of sp³-hybridized carbons (Fsp3) is 0.429. The van der Waals surface area contributed by atoms with Crippen molar-refractivity contribution >= 4 is 11.8 Å². The van der Waals surface area contributed by atoms with Crippen molar-refractivity contribution in [3.05, 3.63) is 41.5 Å². The Bertz CT molecular complexity index is 527. The van der Waals surface area contributed by atoms with Gasteiger partial charge in [0, 0.05) is 17.4 Å². The van der Waals surface area contributed by atoms with Gasteiger partial charge in [0.05, 0.1) is 5.75 Å². The van der Waals surface area contributed by atoms with Crippen molar-refractivity contribution < 1.29 is 4.52 Å². The monoisotopic (exact) mass is 277 g/mol. The van der Waals surface area contributed by atoms with E-state index in [9.17, 15) is 0 Å². The van der Waals surface area contributed by atoms with E-state index in [2.05, 4.69) is 41.4 Å². The molecular formula is C14H19N3OS. The SMILES string of the molecule is CNC(C)Cc1nc(CSc2ccccc2C)no1. The Morgan fingerprint density at radius 1 is 1.37 bits per heavy atom. The first-order chi connectivity index (χ1) is 9.19. The van der Waals surface area contributed by atoms with Gasteiger partial charge < -0.3 is 9.84 Å². The minimum absolute atomic E-state index is 0.345. The molecule has 1 unspecified atom stereocenters. The highest BCUT2D eigenvalue weighted by Gasteiger charge is 2.10. The second-order valence-corrected chi connectivity index (χ2v) is 5.57. The summed E-state index contributed by atoms with van der Waals surface area (Å²) < 4.78 is 5.24. The molecule has 2 rings (SSSR count). The van der Waals surface area contributed by atoms with Crippen LogP contribution in [0.2, 0.25) is 0 Å². The largest absolute Gasteiger partial charge is 0.339 e. The third-order valence-electron chi connectivity index (χ3n) is 2.93. The number of likely N-dealkylation sites (N-methyl/N-ethyl adjacent to an activating group) is 1. The predicted molar refractivity (Wildman–Crippen MR) is 77.3 cm³/mol. The Hall–Kier alpha value is -1.33. The summed E-state index contributed by atoms with van der Waals surface area (Å²) in [5, 5.41) is 7.17. The number of nitrogens with one attached hydrogen (secondary N) is 1. The number of nitrogens with zero attached hydrogens (tertiary/aromatic N) is 2. The summed E-state index contributed by atoms with van der Waals surface area (Å²) in [5.41, 5.74) is 1.28. The summed E-state index contributed by atoms with van der Waals surface area (Å²) in [4.78, 5) is 5.67. The van der Waals surface area contributed by atoms with E-state index in [1.54, 1.807) is 11.8 Å². The van der Waals surface area contributed by atoms with Gasteiger partial charge in [0.1, 0.15) is 0 Å². The van der Waals surface area contributed by atoms with Crippen LogP contribution in [0.4, 0.5) is 0 Å². The second kappa shape index (κ2) is 6.73. The summed E-state index contributed by atoms with van der Waals surface area (Å²) in [6.07, 6.45) is 0.762. The highest BCUT2D eigenvalue weighted by atomic mass is 32.2. The fourth-order valence-corrected chi connectivity index (χ4v) is 2.53. The van der Waals surface area contributed by atoms with E-state index < -0.39 is 0 Å². The Balaban J connectivity index is 1.92. The molecule has 0 fully saturated rings.